The van der Waals surface area contributed by atoms with Crippen LogP contribution in [0.1, 0.15) is 46.0 Å². The number of ketones is 1. The highest BCUT2D eigenvalue weighted by atomic mass is 35.5. The Morgan fingerprint density at radius 2 is 1.74 bits per heavy atom. The van der Waals surface area contributed by atoms with Gasteiger partial charge in [0, 0.05) is 61.8 Å². The number of aromatic nitrogens is 5. The molecule has 1 saturated carbocycles. The molecule has 3 aromatic rings. The molecule has 2 aliphatic heterocycles. The molecule has 0 aromatic carbocycles. The molecular weight excluding hydrogens is 574 g/mol. The number of nitrogens with zero attached hydrogens (tertiary/aromatic N) is 7. The van der Waals surface area contributed by atoms with E-state index in [0.717, 1.165) is 36.6 Å². The van der Waals surface area contributed by atoms with Gasteiger partial charge in [-0.1, -0.05) is 30.3 Å². The van der Waals surface area contributed by atoms with Crippen molar-refractivity contribution in [2.45, 2.75) is 67.5 Å². The van der Waals surface area contributed by atoms with Crippen molar-refractivity contribution in [1.82, 2.24) is 24.9 Å². The molecule has 5 heterocycles. The van der Waals surface area contributed by atoms with Crippen LogP contribution >= 0.6 is 23.4 Å². The van der Waals surface area contributed by atoms with Gasteiger partial charge in [0.15, 0.2) is 5.82 Å². The van der Waals surface area contributed by atoms with Crippen molar-refractivity contribution in [3.05, 3.63) is 41.9 Å². The summed E-state index contributed by atoms with van der Waals surface area (Å²) < 4.78 is 0. The molecule has 3 aromatic heterocycles. The normalized spacial score (nSPS) is 23.4. The molecule has 0 bridgehead atoms. The molecule has 1 aliphatic carbocycles. The SMILES string of the molecule is C[C@@H]1C(=O)CC2(CCN(c3cnc(Sc4ccnc(Nc5ccnc(N6CCC(C)(O)CC6)n5)c4Cl)cn3)CC2)[C@H]1N. The Bertz CT molecular complexity index is 1440. The molecular formula is C29H36ClN9O2S. The summed E-state index contributed by atoms with van der Waals surface area (Å²) in [6.45, 7) is 6.82. The molecule has 1 spiro atoms. The minimum Gasteiger partial charge on any atom is -0.390 e. The smallest absolute Gasteiger partial charge is 0.227 e. The van der Waals surface area contributed by atoms with Gasteiger partial charge in [0.1, 0.15) is 22.4 Å². The Morgan fingerprint density at radius 3 is 2.40 bits per heavy atom. The number of Topliss-reactive ketones (excluding diaryl/α,β-unsaturated/α-hetero) is 1. The maximum absolute atomic E-state index is 12.3. The van der Waals surface area contributed by atoms with Gasteiger partial charge in [-0.25, -0.2) is 19.9 Å². The van der Waals surface area contributed by atoms with Crippen LogP contribution < -0.4 is 20.9 Å². The van der Waals surface area contributed by atoms with Crippen molar-refractivity contribution in [2.24, 2.45) is 17.1 Å². The van der Waals surface area contributed by atoms with E-state index in [1.807, 2.05) is 19.9 Å². The van der Waals surface area contributed by atoms with Gasteiger partial charge in [-0.05, 0) is 50.2 Å². The monoisotopic (exact) mass is 609 g/mol. The number of anilines is 4. The molecule has 0 unspecified atom stereocenters. The number of carbonyl (C=O) groups is 1. The number of nitrogens with one attached hydrogen (secondary N) is 1. The van der Waals surface area contributed by atoms with Crippen LogP contribution in [0.3, 0.4) is 0 Å². The fourth-order valence-corrected chi connectivity index (χ4v) is 7.18. The van der Waals surface area contributed by atoms with E-state index in [4.69, 9.17) is 17.3 Å². The summed E-state index contributed by atoms with van der Waals surface area (Å²) in [4.78, 5) is 40.2. The molecule has 11 nitrogen and oxygen atoms in total. The highest BCUT2D eigenvalue weighted by Gasteiger charge is 2.50. The second-order valence-corrected chi connectivity index (χ2v) is 13.4. The van der Waals surface area contributed by atoms with Gasteiger partial charge in [0.2, 0.25) is 5.95 Å². The van der Waals surface area contributed by atoms with Crippen LogP contribution in [0.4, 0.5) is 23.4 Å². The van der Waals surface area contributed by atoms with E-state index in [-0.39, 0.29) is 17.4 Å². The second-order valence-electron chi connectivity index (χ2n) is 11.9. The van der Waals surface area contributed by atoms with Crippen LogP contribution in [-0.4, -0.2) is 73.6 Å². The minimum absolute atomic E-state index is 0.0546. The fraction of sp³-hybridized carbons (Fsp3) is 0.517. The third kappa shape index (κ3) is 5.90. The van der Waals surface area contributed by atoms with E-state index in [9.17, 15) is 9.90 Å². The molecule has 13 heteroatoms. The third-order valence-corrected chi connectivity index (χ3v) is 10.5. The summed E-state index contributed by atoms with van der Waals surface area (Å²) in [6.07, 6.45) is 10.6. The van der Waals surface area contributed by atoms with Crippen LogP contribution in [-0.2, 0) is 4.79 Å². The lowest BCUT2D eigenvalue weighted by Gasteiger charge is -2.42. The highest BCUT2D eigenvalue weighted by Crippen LogP contribution is 2.46. The summed E-state index contributed by atoms with van der Waals surface area (Å²) in [6, 6.07) is 3.55. The molecule has 6 rings (SSSR count). The van der Waals surface area contributed by atoms with E-state index in [1.54, 1.807) is 30.9 Å². The average molecular weight is 610 g/mol. The van der Waals surface area contributed by atoms with E-state index < -0.39 is 5.60 Å². The molecule has 2 atom stereocenters. The van der Waals surface area contributed by atoms with Crippen molar-refractivity contribution in [3.8, 4) is 0 Å². The Hall–Kier alpha value is -3.06. The number of halogens is 1. The first-order chi connectivity index (χ1) is 20.1. The predicted octanol–water partition coefficient (Wildman–Crippen LogP) is 4.08. The fourth-order valence-electron chi connectivity index (χ4n) is 6.16. The Kier molecular flexibility index (Phi) is 7.99. The molecule has 3 aliphatic rings. The number of aliphatic hydroxyl groups is 1. The lowest BCUT2D eigenvalue weighted by Crippen LogP contribution is -2.48. The first kappa shape index (κ1) is 29.0. The summed E-state index contributed by atoms with van der Waals surface area (Å²) in [5.41, 5.74) is 5.74. The number of pyridine rings is 1. The average Bonchev–Trinajstić information content (AvgIpc) is 3.19. The van der Waals surface area contributed by atoms with Crippen LogP contribution in [0.5, 0.6) is 0 Å². The minimum atomic E-state index is -0.644. The van der Waals surface area contributed by atoms with Crippen molar-refractivity contribution >= 4 is 52.5 Å². The number of rotatable bonds is 6. The Labute approximate surface area is 254 Å². The summed E-state index contributed by atoms with van der Waals surface area (Å²) in [7, 11) is 0. The van der Waals surface area contributed by atoms with Crippen LogP contribution in [0, 0.1) is 11.3 Å². The van der Waals surface area contributed by atoms with E-state index >= 15 is 0 Å². The van der Waals surface area contributed by atoms with Crippen molar-refractivity contribution in [3.63, 3.8) is 0 Å². The zero-order valence-corrected chi connectivity index (χ0v) is 25.4. The van der Waals surface area contributed by atoms with Crippen LogP contribution in [0.15, 0.2) is 46.8 Å². The maximum Gasteiger partial charge on any atom is 0.227 e. The standard InChI is InChI=1S/C29H36ClN9O2S/c1-18-19(40)15-29(25(18)31)7-13-38(14-8-29)22-16-35-23(17-34-22)42-20-3-9-32-26(24(20)30)36-21-4-10-33-27(37-21)39-11-5-28(2,41)6-12-39/h3-4,9-10,16-18,25,41H,5-8,11-15,31H2,1-2H3,(H,32,33,36,37)/t18-,25+/m1/s1. The first-order valence-electron chi connectivity index (χ1n) is 14.4. The van der Waals surface area contributed by atoms with Crippen LogP contribution in [0.2, 0.25) is 5.02 Å². The molecule has 0 amide bonds. The lowest BCUT2D eigenvalue weighted by atomic mass is 9.73. The molecule has 42 heavy (non-hydrogen) atoms. The Balaban J connectivity index is 1.08. The Morgan fingerprint density at radius 1 is 1.02 bits per heavy atom. The molecule has 222 valence electrons. The number of piperidine rings is 2. The highest BCUT2D eigenvalue weighted by molar-refractivity contribution is 7.99. The van der Waals surface area contributed by atoms with Crippen LogP contribution in [0.25, 0.3) is 0 Å². The summed E-state index contributed by atoms with van der Waals surface area (Å²) >= 11 is 8.17. The first-order valence-corrected chi connectivity index (χ1v) is 15.6. The molecule has 0 radical (unpaired) electrons. The maximum atomic E-state index is 12.3. The molecule has 3 fully saturated rings. The molecule has 2 saturated heterocycles. The van der Waals surface area contributed by atoms with Gasteiger partial charge in [-0.15, -0.1) is 0 Å². The zero-order valence-electron chi connectivity index (χ0n) is 23.8. The molecule has 4 N–H and O–H groups in total. The topological polar surface area (TPSA) is 146 Å². The predicted molar refractivity (Wildman–Crippen MR) is 163 cm³/mol. The van der Waals surface area contributed by atoms with E-state index in [0.29, 0.717) is 65.8 Å². The summed E-state index contributed by atoms with van der Waals surface area (Å²) in [5, 5.41) is 14.6. The number of hydrogen-bond donors (Lipinski definition) is 3. The van der Waals surface area contributed by atoms with Gasteiger partial charge in [0.05, 0.1) is 23.0 Å². The van der Waals surface area contributed by atoms with E-state index in [1.165, 1.54) is 11.8 Å². The zero-order chi connectivity index (χ0) is 29.5. The third-order valence-electron chi connectivity index (χ3n) is 9.06. The quantitative estimate of drug-likeness (QED) is 0.370. The van der Waals surface area contributed by atoms with Crippen molar-refractivity contribution in [1.29, 1.82) is 0 Å². The van der Waals surface area contributed by atoms with Gasteiger partial charge < -0.3 is 26.0 Å². The van der Waals surface area contributed by atoms with Gasteiger partial charge in [-0.2, -0.15) is 4.98 Å². The van der Waals surface area contributed by atoms with Gasteiger partial charge >= 0.3 is 0 Å². The van der Waals surface area contributed by atoms with Crippen molar-refractivity contribution < 1.29 is 9.90 Å². The largest absolute Gasteiger partial charge is 0.390 e. The van der Waals surface area contributed by atoms with E-state index in [2.05, 4.69) is 40.0 Å². The number of carbonyl (C=O) groups excluding carboxylic acids is 1. The van der Waals surface area contributed by atoms with Gasteiger partial charge in [-0.3, -0.25) is 4.79 Å². The van der Waals surface area contributed by atoms with Crippen molar-refractivity contribution in [2.75, 3.05) is 41.3 Å². The second kappa shape index (κ2) is 11.6. The lowest BCUT2D eigenvalue weighted by molar-refractivity contribution is -0.120. The van der Waals surface area contributed by atoms with Gasteiger partial charge in [0.25, 0.3) is 0 Å². The number of nitrogens with two attached hydrogens (primary N) is 1. The number of hydrogen-bond acceptors (Lipinski definition) is 12. The summed E-state index contributed by atoms with van der Waals surface area (Å²) in [5.74, 6) is 2.73.